The summed E-state index contributed by atoms with van der Waals surface area (Å²) in [7, 11) is 1.66. The monoisotopic (exact) mass is 242 g/mol. The summed E-state index contributed by atoms with van der Waals surface area (Å²) >= 11 is 3.44. The Bertz CT molecular complexity index is 308. The molecule has 0 atom stereocenters. The lowest BCUT2D eigenvalue weighted by Gasteiger charge is -2.08. The van der Waals surface area contributed by atoms with Gasteiger partial charge in [0.25, 0.3) is 0 Å². The van der Waals surface area contributed by atoms with Crippen molar-refractivity contribution in [2.45, 2.75) is 18.9 Å². The van der Waals surface area contributed by atoms with E-state index in [1.54, 1.807) is 7.11 Å². The van der Waals surface area contributed by atoms with Crippen molar-refractivity contribution in [3.8, 4) is 11.5 Å². The van der Waals surface area contributed by atoms with Crippen molar-refractivity contribution in [1.82, 2.24) is 0 Å². The zero-order chi connectivity index (χ0) is 9.26. The summed E-state index contributed by atoms with van der Waals surface area (Å²) in [5, 5.41) is 0. The molecule has 0 aromatic heterocycles. The maximum absolute atomic E-state index is 5.67. The Morgan fingerprint density at radius 2 is 2.15 bits per heavy atom. The summed E-state index contributed by atoms with van der Waals surface area (Å²) in [5.74, 6) is 1.71. The van der Waals surface area contributed by atoms with Gasteiger partial charge >= 0.3 is 0 Å². The van der Waals surface area contributed by atoms with E-state index in [0.717, 1.165) is 16.0 Å². The second kappa shape index (κ2) is 3.58. The second-order valence-corrected chi connectivity index (χ2v) is 3.97. The first-order chi connectivity index (χ1) is 6.29. The first-order valence-electron chi connectivity index (χ1n) is 4.30. The van der Waals surface area contributed by atoms with Crippen LogP contribution in [0.4, 0.5) is 0 Å². The maximum atomic E-state index is 5.67. The third-order valence-electron chi connectivity index (χ3n) is 1.96. The summed E-state index contributed by atoms with van der Waals surface area (Å²) in [6.45, 7) is 0. The highest BCUT2D eigenvalue weighted by Gasteiger charge is 2.24. The third-order valence-corrected chi connectivity index (χ3v) is 2.61. The molecule has 0 spiro atoms. The second-order valence-electron chi connectivity index (χ2n) is 3.11. The first kappa shape index (κ1) is 8.88. The van der Waals surface area contributed by atoms with Crippen LogP contribution in [0, 0.1) is 0 Å². The quantitative estimate of drug-likeness (QED) is 0.812. The lowest BCUT2D eigenvalue weighted by Crippen LogP contribution is -1.96. The molecule has 13 heavy (non-hydrogen) atoms. The molecule has 1 saturated carbocycles. The molecule has 0 N–H and O–H groups in total. The van der Waals surface area contributed by atoms with Gasteiger partial charge in [-0.25, -0.2) is 0 Å². The molecule has 0 unspecified atom stereocenters. The highest BCUT2D eigenvalue weighted by Crippen LogP contribution is 2.34. The van der Waals surface area contributed by atoms with Crippen LogP contribution in [0.2, 0.25) is 0 Å². The van der Waals surface area contributed by atoms with Crippen LogP contribution >= 0.6 is 15.9 Å². The average molecular weight is 243 g/mol. The van der Waals surface area contributed by atoms with Crippen LogP contribution in [-0.2, 0) is 0 Å². The Labute approximate surface area is 86.0 Å². The number of hydrogen-bond donors (Lipinski definition) is 0. The predicted molar refractivity (Wildman–Crippen MR) is 54.3 cm³/mol. The van der Waals surface area contributed by atoms with E-state index in [1.165, 1.54) is 12.8 Å². The molecule has 0 bridgehead atoms. The topological polar surface area (TPSA) is 18.5 Å². The molecule has 2 nitrogen and oxygen atoms in total. The van der Waals surface area contributed by atoms with Crippen LogP contribution in [-0.4, -0.2) is 13.2 Å². The fraction of sp³-hybridized carbons (Fsp3) is 0.400. The van der Waals surface area contributed by atoms with Gasteiger partial charge in [0.2, 0.25) is 0 Å². The van der Waals surface area contributed by atoms with Crippen molar-refractivity contribution in [3.05, 3.63) is 22.7 Å². The van der Waals surface area contributed by atoms with Crippen LogP contribution in [0.5, 0.6) is 11.5 Å². The molecule has 3 heteroatoms. The summed E-state index contributed by atoms with van der Waals surface area (Å²) in [6.07, 6.45) is 2.76. The fourth-order valence-corrected chi connectivity index (χ4v) is 1.41. The van der Waals surface area contributed by atoms with Crippen LogP contribution in [0.3, 0.4) is 0 Å². The summed E-state index contributed by atoms with van der Waals surface area (Å²) in [6, 6.07) is 5.75. The highest BCUT2D eigenvalue weighted by molar-refractivity contribution is 9.10. The number of halogens is 1. The molecule has 1 aliphatic rings. The molecule has 70 valence electrons. The lowest BCUT2D eigenvalue weighted by atomic mass is 10.3. The molecule has 1 fully saturated rings. The SMILES string of the molecule is COc1ccc(Br)c(OC2CC2)c1. The van der Waals surface area contributed by atoms with Crippen molar-refractivity contribution in [2.24, 2.45) is 0 Å². The minimum Gasteiger partial charge on any atom is -0.497 e. The number of benzene rings is 1. The van der Waals surface area contributed by atoms with Crippen molar-refractivity contribution >= 4 is 15.9 Å². The van der Waals surface area contributed by atoms with Crippen LogP contribution in [0.15, 0.2) is 22.7 Å². The van der Waals surface area contributed by atoms with Crippen molar-refractivity contribution in [2.75, 3.05) is 7.11 Å². The molecule has 1 aromatic carbocycles. The van der Waals surface area contributed by atoms with Gasteiger partial charge in [-0.3, -0.25) is 0 Å². The van der Waals surface area contributed by atoms with Gasteiger partial charge in [0.15, 0.2) is 0 Å². The zero-order valence-corrected chi connectivity index (χ0v) is 9.00. The molecule has 0 heterocycles. The fourth-order valence-electron chi connectivity index (χ4n) is 1.07. The molecule has 0 radical (unpaired) electrons. The Morgan fingerprint density at radius 3 is 2.77 bits per heavy atom. The summed E-state index contributed by atoms with van der Waals surface area (Å²) in [4.78, 5) is 0. The minimum atomic E-state index is 0.420. The standard InChI is InChI=1S/C10H11BrO2/c1-12-8-4-5-9(11)10(6-8)13-7-2-3-7/h4-7H,2-3H2,1H3. The lowest BCUT2D eigenvalue weighted by molar-refractivity contribution is 0.299. The molecule has 1 aliphatic carbocycles. The molecule has 0 aliphatic heterocycles. The van der Waals surface area contributed by atoms with Gasteiger partial charge in [-0.1, -0.05) is 0 Å². The normalized spacial score (nSPS) is 15.5. The molecule has 0 amide bonds. The smallest absolute Gasteiger partial charge is 0.137 e. The van der Waals surface area contributed by atoms with Gasteiger partial charge in [-0.15, -0.1) is 0 Å². The van der Waals surface area contributed by atoms with E-state index in [4.69, 9.17) is 9.47 Å². The molecule has 2 rings (SSSR count). The Hall–Kier alpha value is -0.700. The predicted octanol–water partition coefficient (Wildman–Crippen LogP) is 3.00. The number of methoxy groups -OCH3 is 1. The van der Waals surface area contributed by atoms with Gasteiger partial charge in [0, 0.05) is 6.07 Å². The summed E-state index contributed by atoms with van der Waals surface area (Å²) in [5.41, 5.74) is 0. The van der Waals surface area contributed by atoms with Crippen LogP contribution in [0.25, 0.3) is 0 Å². The van der Waals surface area contributed by atoms with E-state index in [0.29, 0.717) is 6.10 Å². The Balaban J connectivity index is 2.19. The molecular weight excluding hydrogens is 232 g/mol. The van der Waals surface area contributed by atoms with Crippen molar-refractivity contribution in [3.63, 3.8) is 0 Å². The van der Waals surface area contributed by atoms with Crippen LogP contribution < -0.4 is 9.47 Å². The number of ether oxygens (including phenoxy) is 2. The van der Waals surface area contributed by atoms with E-state index in [2.05, 4.69) is 15.9 Å². The molecule has 0 saturated heterocycles. The van der Waals surface area contributed by atoms with Gasteiger partial charge in [0.05, 0.1) is 17.7 Å². The van der Waals surface area contributed by atoms with E-state index >= 15 is 0 Å². The number of hydrogen-bond acceptors (Lipinski definition) is 2. The minimum absolute atomic E-state index is 0.420. The third kappa shape index (κ3) is 2.15. The average Bonchev–Trinajstić information content (AvgIpc) is 2.93. The van der Waals surface area contributed by atoms with E-state index in [9.17, 15) is 0 Å². The zero-order valence-electron chi connectivity index (χ0n) is 7.42. The molecular formula is C10H11BrO2. The van der Waals surface area contributed by atoms with Crippen molar-refractivity contribution in [1.29, 1.82) is 0 Å². The van der Waals surface area contributed by atoms with E-state index < -0.39 is 0 Å². The van der Waals surface area contributed by atoms with Gasteiger partial charge in [-0.2, -0.15) is 0 Å². The van der Waals surface area contributed by atoms with E-state index in [1.807, 2.05) is 18.2 Å². The van der Waals surface area contributed by atoms with Gasteiger partial charge in [0.1, 0.15) is 11.5 Å². The van der Waals surface area contributed by atoms with Gasteiger partial charge < -0.3 is 9.47 Å². The van der Waals surface area contributed by atoms with Gasteiger partial charge in [-0.05, 0) is 40.9 Å². The number of rotatable bonds is 3. The van der Waals surface area contributed by atoms with Crippen molar-refractivity contribution < 1.29 is 9.47 Å². The Kier molecular flexibility index (Phi) is 2.44. The van der Waals surface area contributed by atoms with E-state index in [-0.39, 0.29) is 0 Å². The maximum Gasteiger partial charge on any atom is 0.137 e. The largest absolute Gasteiger partial charge is 0.497 e. The van der Waals surface area contributed by atoms with Crippen LogP contribution in [0.1, 0.15) is 12.8 Å². The molecule has 1 aromatic rings. The first-order valence-corrected chi connectivity index (χ1v) is 5.09. The summed E-state index contributed by atoms with van der Waals surface area (Å²) < 4.78 is 11.8. The Morgan fingerprint density at radius 1 is 1.38 bits per heavy atom. The highest BCUT2D eigenvalue weighted by atomic mass is 79.9.